The van der Waals surface area contributed by atoms with Gasteiger partial charge in [-0.3, -0.25) is 0 Å². The standard InChI is InChI=1S/C11H6F9NO2/c1-23-7(22)5-3-2-4-6(21-5)8(12,13)9(14,15)10(16,17)11(18,19)20/h2-4H,1H3. The molecule has 0 spiro atoms. The molecule has 0 radical (unpaired) electrons. The predicted molar refractivity (Wildman–Crippen MR) is 55.4 cm³/mol. The van der Waals surface area contributed by atoms with Gasteiger partial charge in [0, 0.05) is 0 Å². The van der Waals surface area contributed by atoms with Crippen molar-refractivity contribution in [3.8, 4) is 0 Å². The molecule has 130 valence electrons. The highest BCUT2D eigenvalue weighted by Gasteiger charge is 2.82. The Morgan fingerprint density at radius 1 is 0.957 bits per heavy atom. The molecule has 1 rings (SSSR count). The molecule has 0 aliphatic heterocycles. The van der Waals surface area contributed by atoms with Crippen LogP contribution in [0.3, 0.4) is 0 Å². The van der Waals surface area contributed by atoms with Gasteiger partial charge in [-0.05, 0) is 12.1 Å². The van der Waals surface area contributed by atoms with E-state index < -0.39 is 41.3 Å². The lowest BCUT2D eigenvalue weighted by atomic mass is 10.0. The summed E-state index contributed by atoms with van der Waals surface area (Å²) in [7, 11) is 0.779. The number of esters is 1. The van der Waals surface area contributed by atoms with Gasteiger partial charge in [0.05, 0.1) is 7.11 Å². The van der Waals surface area contributed by atoms with Crippen LogP contribution in [-0.2, 0) is 10.7 Å². The number of pyridine rings is 1. The molecule has 0 amide bonds. The summed E-state index contributed by atoms with van der Waals surface area (Å²) in [5, 5.41) is 0. The van der Waals surface area contributed by atoms with E-state index in [0.717, 1.165) is 7.11 Å². The minimum absolute atomic E-state index is 0.0762. The third-order valence-corrected chi connectivity index (χ3v) is 2.61. The Labute approximate surface area is 122 Å². The number of carbonyl (C=O) groups is 1. The van der Waals surface area contributed by atoms with Gasteiger partial charge in [0.15, 0.2) is 0 Å². The minimum Gasteiger partial charge on any atom is -0.464 e. The smallest absolute Gasteiger partial charge is 0.460 e. The average Bonchev–Trinajstić information content (AvgIpc) is 2.44. The molecule has 0 unspecified atom stereocenters. The van der Waals surface area contributed by atoms with Crippen molar-refractivity contribution in [1.82, 2.24) is 4.98 Å². The molecule has 1 aromatic heterocycles. The SMILES string of the molecule is COC(=O)c1cccc(C(F)(F)C(F)(F)C(F)(F)C(F)(F)F)n1. The molecule has 23 heavy (non-hydrogen) atoms. The summed E-state index contributed by atoms with van der Waals surface area (Å²) >= 11 is 0. The molecule has 0 atom stereocenters. The average molecular weight is 355 g/mol. The number of nitrogens with zero attached hydrogens (tertiary/aromatic N) is 1. The van der Waals surface area contributed by atoms with Crippen LogP contribution in [0.1, 0.15) is 16.2 Å². The van der Waals surface area contributed by atoms with Crippen LogP contribution < -0.4 is 0 Å². The Hall–Kier alpha value is -2.01. The Kier molecular flexibility index (Phi) is 4.61. The van der Waals surface area contributed by atoms with Gasteiger partial charge in [0.1, 0.15) is 11.4 Å². The van der Waals surface area contributed by atoms with Crippen LogP contribution in [0.2, 0.25) is 0 Å². The van der Waals surface area contributed by atoms with Crippen molar-refractivity contribution in [3.05, 3.63) is 29.6 Å². The van der Waals surface area contributed by atoms with Crippen LogP contribution in [0.15, 0.2) is 18.2 Å². The second-order valence-electron chi connectivity index (χ2n) is 4.12. The van der Waals surface area contributed by atoms with Crippen molar-refractivity contribution in [1.29, 1.82) is 0 Å². The van der Waals surface area contributed by atoms with E-state index >= 15 is 0 Å². The number of hydrogen-bond acceptors (Lipinski definition) is 3. The van der Waals surface area contributed by atoms with Gasteiger partial charge in [-0.2, -0.15) is 39.5 Å². The van der Waals surface area contributed by atoms with E-state index in [0.29, 0.717) is 12.1 Å². The maximum absolute atomic E-state index is 13.6. The zero-order chi connectivity index (χ0) is 18.3. The Morgan fingerprint density at radius 2 is 1.48 bits per heavy atom. The van der Waals surface area contributed by atoms with Crippen LogP contribution in [-0.4, -0.2) is 36.1 Å². The first-order valence-electron chi connectivity index (χ1n) is 5.46. The molecule has 0 aliphatic rings. The summed E-state index contributed by atoms with van der Waals surface area (Å²) in [5.74, 6) is -21.3. The van der Waals surface area contributed by atoms with Crippen LogP contribution in [0.5, 0.6) is 0 Å². The van der Waals surface area contributed by atoms with Crippen molar-refractivity contribution in [2.24, 2.45) is 0 Å². The maximum Gasteiger partial charge on any atom is 0.460 e. The molecule has 0 bridgehead atoms. The minimum atomic E-state index is -7.04. The number of rotatable bonds is 4. The Bertz CT molecular complexity index is 597. The fourth-order valence-corrected chi connectivity index (χ4v) is 1.36. The van der Waals surface area contributed by atoms with Crippen LogP contribution in [0.4, 0.5) is 39.5 Å². The number of hydrogen-bond donors (Lipinski definition) is 0. The number of halogens is 9. The number of carbonyl (C=O) groups excluding carboxylic acids is 1. The van der Waals surface area contributed by atoms with Crippen LogP contribution in [0.25, 0.3) is 0 Å². The molecular weight excluding hydrogens is 349 g/mol. The Balaban J connectivity index is 3.43. The summed E-state index contributed by atoms with van der Waals surface area (Å²) in [6.45, 7) is 0. The topological polar surface area (TPSA) is 39.2 Å². The maximum atomic E-state index is 13.6. The van der Waals surface area contributed by atoms with Gasteiger partial charge >= 0.3 is 29.9 Å². The highest BCUT2D eigenvalue weighted by molar-refractivity contribution is 5.87. The molecule has 0 aromatic carbocycles. The first kappa shape index (κ1) is 19.0. The van der Waals surface area contributed by atoms with Crippen LogP contribution in [0, 0.1) is 0 Å². The molecule has 1 aromatic rings. The molecule has 0 N–H and O–H groups in total. The summed E-state index contributed by atoms with van der Waals surface area (Å²) < 4.78 is 119. The number of ether oxygens (including phenoxy) is 1. The molecule has 1 heterocycles. The van der Waals surface area contributed by atoms with Gasteiger partial charge in [-0.1, -0.05) is 6.07 Å². The number of alkyl halides is 9. The third kappa shape index (κ3) is 2.93. The number of aromatic nitrogens is 1. The molecule has 0 saturated carbocycles. The molecular formula is C11H6F9NO2. The van der Waals surface area contributed by atoms with Gasteiger partial charge < -0.3 is 4.74 Å². The van der Waals surface area contributed by atoms with E-state index in [9.17, 15) is 44.3 Å². The van der Waals surface area contributed by atoms with Crippen molar-refractivity contribution in [2.75, 3.05) is 7.11 Å². The monoisotopic (exact) mass is 355 g/mol. The second-order valence-corrected chi connectivity index (χ2v) is 4.12. The zero-order valence-corrected chi connectivity index (χ0v) is 10.9. The summed E-state index contributed by atoms with van der Waals surface area (Å²) in [4.78, 5) is 13.7. The summed E-state index contributed by atoms with van der Waals surface area (Å²) in [6, 6.07) is 1.34. The molecule has 0 fully saturated rings. The summed E-state index contributed by atoms with van der Waals surface area (Å²) in [5.41, 5.74) is -3.12. The van der Waals surface area contributed by atoms with E-state index in [1.165, 1.54) is 0 Å². The predicted octanol–water partition coefficient (Wildman–Crippen LogP) is 3.79. The third-order valence-electron chi connectivity index (χ3n) is 2.61. The van der Waals surface area contributed by atoms with Gasteiger partial charge in [-0.15, -0.1) is 0 Å². The number of methoxy groups -OCH3 is 1. The molecule has 3 nitrogen and oxygen atoms in total. The molecule has 12 heteroatoms. The van der Waals surface area contributed by atoms with Gasteiger partial charge in [0.25, 0.3) is 0 Å². The van der Waals surface area contributed by atoms with Gasteiger partial charge in [-0.25, -0.2) is 9.78 Å². The van der Waals surface area contributed by atoms with E-state index in [-0.39, 0.29) is 6.07 Å². The lowest BCUT2D eigenvalue weighted by Gasteiger charge is -2.33. The van der Waals surface area contributed by atoms with E-state index in [4.69, 9.17) is 0 Å². The molecule has 0 saturated heterocycles. The highest BCUT2D eigenvalue weighted by Crippen LogP contribution is 2.56. The van der Waals surface area contributed by atoms with Crippen molar-refractivity contribution >= 4 is 5.97 Å². The van der Waals surface area contributed by atoms with E-state index in [1.54, 1.807) is 0 Å². The zero-order valence-electron chi connectivity index (χ0n) is 10.9. The van der Waals surface area contributed by atoms with Gasteiger partial charge in [0.2, 0.25) is 0 Å². The van der Waals surface area contributed by atoms with Crippen molar-refractivity contribution in [2.45, 2.75) is 23.9 Å². The summed E-state index contributed by atoms with van der Waals surface area (Å²) in [6.07, 6.45) is -6.93. The second kappa shape index (κ2) is 5.57. The normalized spacial score (nSPS) is 13.8. The quantitative estimate of drug-likeness (QED) is 0.609. The lowest BCUT2D eigenvalue weighted by Crippen LogP contribution is -2.59. The largest absolute Gasteiger partial charge is 0.464 e. The fourth-order valence-electron chi connectivity index (χ4n) is 1.36. The lowest BCUT2D eigenvalue weighted by molar-refractivity contribution is -0.400. The first-order valence-corrected chi connectivity index (χ1v) is 5.46. The Morgan fingerprint density at radius 3 is 1.91 bits per heavy atom. The van der Waals surface area contributed by atoms with Crippen LogP contribution >= 0.6 is 0 Å². The van der Waals surface area contributed by atoms with E-state index in [2.05, 4.69) is 9.72 Å². The molecule has 0 aliphatic carbocycles. The highest BCUT2D eigenvalue weighted by atomic mass is 19.4. The van der Waals surface area contributed by atoms with Crippen molar-refractivity contribution in [3.63, 3.8) is 0 Å². The fraction of sp³-hybridized carbons (Fsp3) is 0.455. The first-order chi connectivity index (χ1) is 10.2. The van der Waals surface area contributed by atoms with E-state index in [1.807, 2.05) is 0 Å². The van der Waals surface area contributed by atoms with Crippen molar-refractivity contribution < 1.29 is 49.0 Å².